The zero-order valence-electron chi connectivity index (χ0n) is 30.8. The van der Waals surface area contributed by atoms with E-state index in [4.69, 9.17) is 0 Å². The summed E-state index contributed by atoms with van der Waals surface area (Å²) in [4.78, 5) is 35.5. The van der Waals surface area contributed by atoms with Gasteiger partial charge < -0.3 is 45.7 Å². The van der Waals surface area contributed by atoms with E-state index in [2.05, 4.69) is 16.0 Å². The SMILES string of the molecule is O=C([O-])C1(c2ccccc2)NC=Cc2ccccc21.O=C([O-])C1(c2ccccc2)NC=Cc2ccccc21.O=C([O-])C1(c2ccccc2)NC=Cc2ccccc21.[Ir+3]. The number of carbonyl (C=O) groups is 3. The Morgan fingerprint density at radius 3 is 0.810 bits per heavy atom. The molecule has 0 saturated carbocycles. The maximum Gasteiger partial charge on any atom is 3.00 e. The molecule has 3 N–H and O–H groups in total. The van der Waals surface area contributed by atoms with Crippen molar-refractivity contribution >= 4 is 36.1 Å². The van der Waals surface area contributed by atoms with Crippen molar-refractivity contribution < 1.29 is 49.8 Å². The van der Waals surface area contributed by atoms with Crippen LogP contribution in [0, 0.1) is 0 Å². The van der Waals surface area contributed by atoms with E-state index >= 15 is 0 Å². The van der Waals surface area contributed by atoms with E-state index < -0.39 is 34.5 Å². The van der Waals surface area contributed by atoms with Crippen LogP contribution in [0.2, 0.25) is 0 Å². The molecule has 0 aliphatic carbocycles. The van der Waals surface area contributed by atoms with Crippen molar-refractivity contribution in [2.45, 2.75) is 16.6 Å². The Morgan fingerprint density at radius 1 is 0.345 bits per heavy atom. The van der Waals surface area contributed by atoms with Crippen LogP contribution in [0.15, 0.2) is 182 Å². The summed E-state index contributed by atoms with van der Waals surface area (Å²) in [6.07, 6.45) is 10.6. The normalized spacial score (nSPS) is 20.1. The summed E-state index contributed by atoms with van der Waals surface area (Å²) >= 11 is 0. The van der Waals surface area contributed by atoms with Gasteiger partial charge in [0.25, 0.3) is 0 Å². The molecule has 288 valence electrons. The molecule has 58 heavy (non-hydrogen) atoms. The van der Waals surface area contributed by atoms with Gasteiger partial charge in [-0.2, -0.15) is 0 Å². The van der Waals surface area contributed by atoms with Gasteiger partial charge >= 0.3 is 20.1 Å². The van der Waals surface area contributed by atoms with Gasteiger partial charge in [0.2, 0.25) is 0 Å². The fraction of sp³-hybridized carbons (Fsp3) is 0.0625. The van der Waals surface area contributed by atoms with Crippen LogP contribution in [0.4, 0.5) is 0 Å². The summed E-state index contributed by atoms with van der Waals surface area (Å²) in [7, 11) is 0. The molecule has 0 aromatic heterocycles. The Morgan fingerprint density at radius 2 is 0.569 bits per heavy atom. The zero-order chi connectivity index (χ0) is 39.9. The van der Waals surface area contributed by atoms with Crippen molar-refractivity contribution in [3.8, 4) is 0 Å². The number of carboxylic acid groups (broad SMARTS) is 3. The molecule has 6 aromatic carbocycles. The molecular formula is C48H36IrN3O6. The summed E-state index contributed by atoms with van der Waals surface area (Å²) in [6.45, 7) is 0. The molecule has 0 bridgehead atoms. The van der Waals surface area contributed by atoms with Gasteiger partial charge in [0.1, 0.15) is 16.6 Å². The van der Waals surface area contributed by atoms with E-state index in [-0.39, 0.29) is 20.1 Å². The van der Waals surface area contributed by atoms with Crippen molar-refractivity contribution in [1.29, 1.82) is 0 Å². The van der Waals surface area contributed by atoms with Gasteiger partial charge in [0, 0.05) is 0 Å². The second-order valence-electron chi connectivity index (χ2n) is 13.4. The number of nitrogens with one attached hydrogen (secondary N) is 3. The predicted octanol–water partition coefficient (Wildman–Crippen LogP) is 3.76. The van der Waals surface area contributed by atoms with Crippen LogP contribution < -0.4 is 31.3 Å². The average molecular weight is 943 g/mol. The largest absolute Gasteiger partial charge is 3.00 e. The van der Waals surface area contributed by atoms with Crippen molar-refractivity contribution in [2.75, 3.05) is 0 Å². The van der Waals surface area contributed by atoms with Crippen LogP contribution >= 0.6 is 0 Å². The fourth-order valence-electron chi connectivity index (χ4n) is 7.60. The molecule has 0 fully saturated rings. The molecule has 0 radical (unpaired) electrons. The van der Waals surface area contributed by atoms with Gasteiger partial charge in [0.15, 0.2) is 0 Å². The molecule has 3 heterocycles. The maximum atomic E-state index is 11.8. The molecule has 3 aliphatic heterocycles. The molecule has 3 aliphatic rings. The molecule has 0 saturated heterocycles. The molecular weight excluding hydrogens is 907 g/mol. The molecule has 10 heteroatoms. The molecule has 3 atom stereocenters. The van der Waals surface area contributed by atoms with Crippen LogP contribution in [-0.2, 0) is 51.1 Å². The molecule has 0 amide bonds. The number of hydrogen-bond acceptors (Lipinski definition) is 9. The van der Waals surface area contributed by atoms with E-state index in [1.807, 2.05) is 146 Å². The van der Waals surface area contributed by atoms with Crippen molar-refractivity contribution in [3.05, 3.63) is 232 Å². The Bertz CT molecular complexity index is 2230. The number of rotatable bonds is 6. The Balaban J connectivity index is 0.000000145. The van der Waals surface area contributed by atoms with Gasteiger partial charge in [-0.05, 0) is 86.9 Å². The third-order valence-corrected chi connectivity index (χ3v) is 10.3. The minimum Gasteiger partial charge on any atom is -0.547 e. The predicted molar refractivity (Wildman–Crippen MR) is 213 cm³/mol. The third kappa shape index (κ3) is 7.23. The quantitative estimate of drug-likeness (QED) is 0.227. The van der Waals surface area contributed by atoms with Crippen molar-refractivity contribution in [2.24, 2.45) is 0 Å². The monoisotopic (exact) mass is 943 g/mol. The first-order valence-corrected chi connectivity index (χ1v) is 18.2. The van der Waals surface area contributed by atoms with Crippen molar-refractivity contribution in [1.82, 2.24) is 16.0 Å². The number of carbonyl (C=O) groups excluding carboxylic acids is 3. The average Bonchev–Trinajstić information content (AvgIpc) is 3.26. The zero-order valence-corrected chi connectivity index (χ0v) is 33.2. The van der Waals surface area contributed by atoms with Gasteiger partial charge in [-0.1, -0.05) is 164 Å². The van der Waals surface area contributed by atoms with Crippen LogP contribution in [0.1, 0.15) is 50.1 Å². The summed E-state index contributed by atoms with van der Waals surface area (Å²) in [5.74, 6) is -3.47. The smallest absolute Gasteiger partial charge is 0.547 e. The minimum atomic E-state index is -1.33. The summed E-state index contributed by atoms with van der Waals surface area (Å²) in [6, 6.07) is 49.5. The maximum absolute atomic E-state index is 11.8. The summed E-state index contributed by atoms with van der Waals surface area (Å²) in [5.41, 5.74) is 2.74. The Hall–Kier alpha value is -7.00. The Kier molecular flexibility index (Phi) is 12.2. The number of benzene rings is 6. The second-order valence-corrected chi connectivity index (χ2v) is 13.4. The van der Waals surface area contributed by atoms with Crippen LogP contribution in [0.5, 0.6) is 0 Å². The van der Waals surface area contributed by atoms with E-state index in [1.54, 1.807) is 55.0 Å². The first-order chi connectivity index (χ1) is 27.7. The molecule has 9 nitrogen and oxygen atoms in total. The first-order valence-electron chi connectivity index (χ1n) is 18.2. The van der Waals surface area contributed by atoms with Crippen LogP contribution in [-0.4, -0.2) is 17.9 Å². The third-order valence-electron chi connectivity index (χ3n) is 10.3. The first kappa shape index (κ1) is 40.7. The van der Waals surface area contributed by atoms with Gasteiger partial charge in [-0.3, -0.25) is 0 Å². The molecule has 9 rings (SSSR count). The van der Waals surface area contributed by atoms with Gasteiger partial charge in [-0.25, -0.2) is 0 Å². The molecule has 6 aromatic rings. The molecule has 0 spiro atoms. The van der Waals surface area contributed by atoms with Crippen LogP contribution in [0.25, 0.3) is 18.2 Å². The number of carboxylic acids is 3. The number of aliphatic carboxylic acids is 3. The van der Waals surface area contributed by atoms with Gasteiger partial charge in [-0.15, -0.1) is 0 Å². The number of hydrogen-bond donors (Lipinski definition) is 3. The van der Waals surface area contributed by atoms with E-state index in [0.717, 1.165) is 16.7 Å². The summed E-state index contributed by atoms with van der Waals surface area (Å²) < 4.78 is 0. The van der Waals surface area contributed by atoms with Crippen LogP contribution in [0.3, 0.4) is 0 Å². The van der Waals surface area contributed by atoms with E-state index in [0.29, 0.717) is 33.4 Å². The number of fused-ring (bicyclic) bond motifs is 3. The van der Waals surface area contributed by atoms with E-state index in [9.17, 15) is 29.7 Å². The fourth-order valence-corrected chi connectivity index (χ4v) is 7.60. The van der Waals surface area contributed by atoms with Gasteiger partial charge in [0.05, 0.1) is 17.9 Å². The Labute approximate surface area is 349 Å². The minimum absolute atomic E-state index is 0. The second kappa shape index (κ2) is 17.4. The topological polar surface area (TPSA) is 156 Å². The molecule has 3 unspecified atom stereocenters. The standard InChI is InChI=1S/3C16H13NO2.Ir/c3*18-15(19)16(13-7-2-1-3-8-13)14-9-5-4-6-12(14)10-11-17-16;/h3*1-11,17H,(H,18,19);/q;;;+3/p-3. The van der Waals surface area contributed by atoms with Crippen molar-refractivity contribution in [3.63, 3.8) is 0 Å². The van der Waals surface area contributed by atoms with E-state index in [1.165, 1.54) is 0 Å². The summed E-state index contributed by atoms with van der Waals surface area (Å²) in [5, 5.41) is 44.4.